The standard InChI is InChI=1S/C8H6N2S2/c11-8-9-6-7(12-8)10-4-2-1-3-5-10/h1-6H/p+1. The van der Waals surface area contributed by atoms with E-state index in [9.17, 15) is 0 Å². The van der Waals surface area contributed by atoms with E-state index in [0.29, 0.717) is 0 Å². The average molecular weight is 195 g/mol. The summed E-state index contributed by atoms with van der Waals surface area (Å²) < 4.78 is 2.80. The maximum atomic E-state index is 4.15. The van der Waals surface area contributed by atoms with Crippen LogP contribution in [0, 0.1) is 0 Å². The van der Waals surface area contributed by atoms with Crippen LogP contribution in [0.4, 0.5) is 0 Å². The van der Waals surface area contributed by atoms with Gasteiger partial charge in [0.2, 0.25) is 0 Å². The van der Waals surface area contributed by atoms with Crippen LogP contribution >= 0.6 is 24.0 Å². The number of rotatable bonds is 1. The van der Waals surface area contributed by atoms with Crippen molar-refractivity contribution >= 4 is 24.0 Å². The number of thiazole rings is 1. The van der Waals surface area contributed by atoms with Crippen LogP contribution in [0.3, 0.4) is 0 Å². The van der Waals surface area contributed by atoms with E-state index in [2.05, 4.69) is 17.6 Å². The quantitative estimate of drug-likeness (QED) is 0.541. The molecule has 0 spiro atoms. The minimum absolute atomic E-state index is 0.793. The first kappa shape index (κ1) is 7.76. The van der Waals surface area contributed by atoms with Gasteiger partial charge in [0.05, 0.1) is 0 Å². The summed E-state index contributed by atoms with van der Waals surface area (Å²) in [6.45, 7) is 0. The fraction of sp³-hybridized carbons (Fsp3) is 0. The summed E-state index contributed by atoms with van der Waals surface area (Å²) in [4.78, 5) is 4.05. The fourth-order valence-corrected chi connectivity index (χ4v) is 1.88. The third-order valence-corrected chi connectivity index (χ3v) is 2.65. The Morgan fingerprint density at radius 2 is 2.00 bits per heavy atom. The Kier molecular flexibility index (Phi) is 2.10. The van der Waals surface area contributed by atoms with Gasteiger partial charge in [0.1, 0.15) is 6.20 Å². The van der Waals surface area contributed by atoms with Gasteiger partial charge in [-0.2, -0.15) is 4.57 Å². The molecule has 12 heavy (non-hydrogen) atoms. The van der Waals surface area contributed by atoms with Crippen LogP contribution in [0.1, 0.15) is 0 Å². The topological polar surface area (TPSA) is 16.8 Å². The third kappa shape index (κ3) is 1.49. The number of hydrogen-bond donors (Lipinski definition) is 1. The van der Waals surface area contributed by atoms with E-state index in [0.717, 1.165) is 9.34 Å². The van der Waals surface area contributed by atoms with E-state index in [1.54, 1.807) is 11.3 Å². The Labute approximate surface area is 79.9 Å². The highest BCUT2D eigenvalue weighted by Crippen LogP contribution is 2.14. The van der Waals surface area contributed by atoms with Crippen LogP contribution in [0.25, 0.3) is 5.00 Å². The SMILES string of the molecule is Sc1ncc(-[n+]2ccccc2)s1. The minimum Gasteiger partial charge on any atom is -0.231 e. The number of aromatic nitrogens is 2. The predicted octanol–water partition coefficient (Wildman–Crippen LogP) is 1.71. The Bertz CT molecular complexity index is 370. The van der Waals surface area contributed by atoms with Crippen molar-refractivity contribution in [3.63, 3.8) is 0 Å². The maximum Gasteiger partial charge on any atom is 0.287 e. The van der Waals surface area contributed by atoms with Crippen molar-refractivity contribution in [3.05, 3.63) is 36.8 Å². The molecule has 0 unspecified atom stereocenters. The van der Waals surface area contributed by atoms with Crippen LogP contribution < -0.4 is 4.57 Å². The van der Waals surface area contributed by atoms with Crippen LogP contribution in [0.15, 0.2) is 41.1 Å². The molecule has 0 atom stereocenters. The van der Waals surface area contributed by atoms with Gasteiger partial charge in [0.15, 0.2) is 16.7 Å². The molecule has 2 heterocycles. The van der Waals surface area contributed by atoms with E-state index in [4.69, 9.17) is 0 Å². The predicted molar refractivity (Wildman–Crippen MR) is 50.9 cm³/mol. The second kappa shape index (κ2) is 3.25. The normalized spacial score (nSPS) is 10.1. The van der Waals surface area contributed by atoms with Crippen molar-refractivity contribution < 1.29 is 4.57 Å². The molecule has 0 aliphatic heterocycles. The first-order chi connectivity index (χ1) is 5.86. The zero-order valence-electron chi connectivity index (χ0n) is 6.21. The first-order valence-corrected chi connectivity index (χ1v) is 4.74. The van der Waals surface area contributed by atoms with Crippen molar-refractivity contribution in [3.8, 4) is 5.00 Å². The molecule has 2 nitrogen and oxygen atoms in total. The van der Waals surface area contributed by atoms with Crippen LogP contribution in [0.5, 0.6) is 0 Å². The van der Waals surface area contributed by atoms with Crippen molar-refractivity contribution in [2.24, 2.45) is 0 Å². The van der Waals surface area contributed by atoms with E-state index >= 15 is 0 Å². The smallest absolute Gasteiger partial charge is 0.231 e. The Balaban J connectivity index is 2.45. The summed E-state index contributed by atoms with van der Waals surface area (Å²) >= 11 is 5.71. The lowest BCUT2D eigenvalue weighted by atomic mass is 10.5. The number of nitrogens with zero attached hydrogens (tertiary/aromatic N) is 2. The molecule has 0 aliphatic rings. The summed E-state index contributed by atoms with van der Waals surface area (Å²) in [6.07, 6.45) is 5.79. The molecular weight excluding hydrogens is 188 g/mol. The molecule has 0 N–H and O–H groups in total. The Morgan fingerprint density at radius 1 is 1.25 bits per heavy atom. The molecule has 60 valence electrons. The van der Waals surface area contributed by atoms with Crippen molar-refractivity contribution in [2.45, 2.75) is 4.34 Å². The molecule has 2 aromatic rings. The largest absolute Gasteiger partial charge is 0.287 e. The van der Waals surface area contributed by atoms with Gasteiger partial charge < -0.3 is 0 Å². The molecule has 0 saturated heterocycles. The summed E-state index contributed by atoms with van der Waals surface area (Å²) in [5.41, 5.74) is 0. The molecule has 4 heteroatoms. The number of thiol groups is 1. The highest BCUT2D eigenvalue weighted by Gasteiger charge is 2.07. The zero-order valence-corrected chi connectivity index (χ0v) is 7.92. The molecule has 0 fully saturated rings. The van der Waals surface area contributed by atoms with Crippen LogP contribution in [-0.4, -0.2) is 4.98 Å². The highest BCUT2D eigenvalue weighted by molar-refractivity contribution is 7.82. The van der Waals surface area contributed by atoms with Crippen LogP contribution in [0.2, 0.25) is 0 Å². The summed E-state index contributed by atoms with van der Waals surface area (Å²) in [5.74, 6) is 0. The van der Waals surface area contributed by atoms with Crippen molar-refractivity contribution in [2.75, 3.05) is 0 Å². The Morgan fingerprint density at radius 3 is 2.58 bits per heavy atom. The molecule has 0 amide bonds. The van der Waals surface area contributed by atoms with Gasteiger partial charge in [-0.05, 0) is 11.3 Å². The number of hydrogen-bond acceptors (Lipinski definition) is 3. The van der Waals surface area contributed by atoms with E-state index in [1.165, 1.54) is 0 Å². The minimum atomic E-state index is 0.793. The van der Waals surface area contributed by atoms with Gasteiger partial charge in [-0.3, -0.25) is 0 Å². The first-order valence-electron chi connectivity index (χ1n) is 3.48. The van der Waals surface area contributed by atoms with Crippen molar-refractivity contribution in [1.29, 1.82) is 0 Å². The van der Waals surface area contributed by atoms with Gasteiger partial charge in [0, 0.05) is 12.1 Å². The average Bonchev–Trinajstić information content (AvgIpc) is 2.54. The molecule has 2 aromatic heterocycles. The summed E-state index contributed by atoms with van der Waals surface area (Å²) in [5, 5.41) is 1.08. The summed E-state index contributed by atoms with van der Waals surface area (Å²) in [6, 6.07) is 5.95. The third-order valence-electron chi connectivity index (χ3n) is 1.45. The Hall–Kier alpha value is -0.870. The van der Waals surface area contributed by atoms with Gasteiger partial charge in [-0.1, -0.05) is 6.07 Å². The highest BCUT2D eigenvalue weighted by atomic mass is 32.2. The zero-order chi connectivity index (χ0) is 8.39. The van der Waals surface area contributed by atoms with E-state index in [-0.39, 0.29) is 0 Å². The van der Waals surface area contributed by atoms with Crippen LogP contribution in [-0.2, 0) is 0 Å². The molecule has 0 bridgehead atoms. The molecule has 0 aliphatic carbocycles. The van der Waals surface area contributed by atoms with Gasteiger partial charge in [-0.25, -0.2) is 4.98 Å². The molecule has 0 aromatic carbocycles. The second-order valence-electron chi connectivity index (χ2n) is 2.26. The molecule has 0 radical (unpaired) electrons. The second-order valence-corrected chi connectivity index (χ2v) is 4.00. The van der Waals surface area contributed by atoms with Crippen molar-refractivity contribution in [1.82, 2.24) is 4.98 Å². The lowest BCUT2D eigenvalue weighted by molar-refractivity contribution is -0.591. The lowest BCUT2D eigenvalue weighted by Gasteiger charge is -1.85. The fourth-order valence-electron chi connectivity index (χ4n) is 0.922. The molecule has 0 saturated carbocycles. The molecular formula is C8H7N2S2+. The van der Waals surface area contributed by atoms with E-state index in [1.807, 2.05) is 41.4 Å². The summed E-state index contributed by atoms with van der Waals surface area (Å²) in [7, 11) is 0. The van der Waals surface area contributed by atoms with Gasteiger partial charge in [-0.15, -0.1) is 12.6 Å². The lowest BCUT2D eigenvalue weighted by Crippen LogP contribution is -2.27. The van der Waals surface area contributed by atoms with E-state index < -0.39 is 0 Å². The number of pyridine rings is 1. The monoisotopic (exact) mass is 195 g/mol. The van der Waals surface area contributed by atoms with Gasteiger partial charge in [0.25, 0.3) is 5.00 Å². The van der Waals surface area contributed by atoms with Gasteiger partial charge >= 0.3 is 0 Å². The maximum absolute atomic E-state index is 4.15. The molecule has 2 rings (SSSR count).